The zero-order valence-corrected chi connectivity index (χ0v) is 12.2. The second-order valence-electron chi connectivity index (χ2n) is 5.63. The minimum atomic E-state index is -0.0288. The van der Waals surface area contributed by atoms with Crippen LogP contribution in [0.1, 0.15) is 32.0 Å². The lowest BCUT2D eigenvalue weighted by Gasteiger charge is -2.25. The van der Waals surface area contributed by atoms with Gasteiger partial charge in [0.25, 0.3) is 0 Å². The Morgan fingerprint density at radius 1 is 1.42 bits per heavy atom. The van der Waals surface area contributed by atoms with E-state index < -0.39 is 0 Å². The van der Waals surface area contributed by atoms with Gasteiger partial charge in [0, 0.05) is 30.7 Å². The summed E-state index contributed by atoms with van der Waals surface area (Å²) >= 11 is 0. The SMILES string of the molecule is C=CCN(CCO)c1cc(CN)cc(C(C)(C)C)n1. The molecule has 0 saturated heterocycles. The molecule has 1 aromatic heterocycles. The summed E-state index contributed by atoms with van der Waals surface area (Å²) in [5.41, 5.74) is 7.80. The average molecular weight is 263 g/mol. The van der Waals surface area contributed by atoms with Crippen LogP contribution in [0.5, 0.6) is 0 Å². The summed E-state index contributed by atoms with van der Waals surface area (Å²) < 4.78 is 0. The molecular weight excluding hydrogens is 238 g/mol. The van der Waals surface area contributed by atoms with Gasteiger partial charge in [-0.25, -0.2) is 4.98 Å². The third-order valence-corrected chi connectivity index (χ3v) is 2.92. The van der Waals surface area contributed by atoms with Gasteiger partial charge in [-0.3, -0.25) is 0 Å². The van der Waals surface area contributed by atoms with Crippen molar-refractivity contribution in [1.82, 2.24) is 4.98 Å². The van der Waals surface area contributed by atoms with E-state index in [1.165, 1.54) is 0 Å². The van der Waals surface area contributed by atoms with E-state index in [0.29, 0.717) is 19.6 Å². The van der Waals surface area contributed by atoms with Gasteiger partial charge in [-0.05, 0) is 17.7 Å². The van der Waals surface area contributed by atoms with E-state index in [1.54, 1.807) is 0 Å². The molecule has 4 nitrogen and oxygen atoms in total. The first-order chi connectivity index (χ1) is 8.92. The first kappa shape index (κ1) is 15.7. The van der Waals surface area contributed by atoms with Gasteiger partial charge < -0.3 is 15.7 Å². The van der Waals surface area contributed by atoms with E-state index in [2.05, 4.69) is 33.4 Å². The van der Waals surface area contributed by atoms with Crippen molar-refractivity contribution < 1.29 is 5.11 Å². The molecule has 0 atom stereocenters. The molecule has 0 bridgehead atoms. The van der Waals surface area contributed by atoms with E-state index in [-0.39, 0.29) is 12.0 Å². The highest BCUT2D eigenvalue weighted by Gasteiger charge is 2.18. The van der Waals surface area contributed by atoms with Crippen molar-refractivity contribution >= 4 is 5.82 Å². The Hall–Kier alpha value is -1.39. The van der Waals surface area contributed by atoms with Crippen LogP contribution >= 0.6 is 0 Å². The standard InChI is InChI=1S/C15H25N3O/c1-5-6-18(7-8-19)14-10-12(11-16)9-13(17-14)15(2,3)4/h5,9-10,19H,1,6-8,11,16H2,2-4H3. The largest absolute Gasteiger partial charge is 0.395 e. The van der Waals surface area contributed by atoms with Crippen LogP contribution in [0.2, 0.25) is 0 Å². The molecule has 0 aliphatic heterocycles. The highest BCUT2D eigenvalue weighted by Crippen LogP contribution is 2.24. The molecular formula is C15H25N3O. The molecule has 0 unspecified atom stereocenters. The lowest BCUT2D eigenvalue weighted by molar-refractivity contribution is 0.302. The van der Waals surface area contributed by atoms with Crippen LogP contribution in [0.3, 0.4) is 0 Å². The zero-order chi connectivity index (χ0) is 14.5. The van der Waals surface area contributed by atoms with Crippen molar-refractivity contribution in [3.05, 3.63) is 36.0 Å². The molecule has 1 rings (SSSR count). The Morgan fingerprint density at radius 3 is 2.58 bits per heavy atom. The molecule has 0 saturated carbocycles. The first-order valence-corrected chi connectivity index (χ1v) is 6.60. The van der Waals surface area contributed by atoms with Crippen LogP contribution in [0, 0.1) is 0 Å². The van der Waals surface area contributed by atoms with Crippen LogP contribution < -0.4 is 10.6 Å². The molecule has 1 aromatic rings. The topological polar surface area (TPSA) is 62.4 Å². The summed E-state index contributed by atoms with van der Waals surface area (Å²) in [5, 5.41) is 9.15. The normalized spacial score (nSPS) is 11.4. The third-order valence-electron chi connectivity index (χ3n) is 2.92. The Kier molecular flexibility index (Phi) is 5.51. The minimum Gasteiger partial charge on any atom is -0.395 e. The monoisotopic (exact) mass is 263 g/mol. The van der Waals surface area contributed by atoms with Gasteiger partial charge in [-0.15, -0.1) is 6.58 Å². The highest BCUT2D eigenvalue weighted by molar-refractivity contribution is 5.44. The second-order valence-corrected chi connectivity index (χ2v) is 5.63. The quantitative estimate of drug-likeness (QED) is 0.769. The number of aromatic nitrogens is 1. The van der Waals surface area contributed by atoms with Gasteiger partial charge in [0.05, 0.1) is 6.61 Å². The minimum absolute atomic E-state index is 0.0288. The fourth-order valence-electron chi connectivity index (χ4n) is 1.81. The molecule has 19 heavy (non-hydrogen) atoms. The fourth-order valence-corrected chi connectivity index (χ4v) is 1.81. The smallest absolute Gasteiger partial charge is 0.129 e. The van der Waals surface area contributed by atoms with Gasteiger partial charge in [0.1, 0.15) is 5.82 Å². The maximum absolute atomic E-state index is 9.15. The van der Waals surface area contributed by atoms with Crippen LogP contribution in [0.15, 0.2) is 24.8 Å². The van der Waals surface area contributed by atoms with E-state index in [9.17, 15) is 0 Å². The molecule has 3 N–H and O–H groups in total. The maximum atomic E-state index is 9.15. The number of rotatable bonds is 6. The summed E-state index contributed by atoms with van der Waals surface area (Å²) in [4.78, 5) is 6.70. The van der Waals surface area contributed by atoms with E-state index in [4.69, 9.17) is 15.8 Å². The van der Waals surface area contributed by atoms with Crippen LogP contribution in [-0.4, -0.2) is 29.8 Å². The summed E-state index contributed by atoms with van der Waals surface area (Å²) in [6.07, 6.45) is 1.81. The van der Waals surface area contributed by atoms with Crippen LogP contribution in [0.4, 0.5) is 5.82 Å². The Bertz CT molecular complexity index is 424. The Balaban J connectivity index is 3.20. The molecule has 0 radical (unpaired) electrons. The predicted molar refractivity (Wildman–Crippen MR) is 80.3 cm³/mol. The molecule has 0 aromatic carbocycles. The van der Waals surface area contributed by atoms with Crippen LogP contribution in [-0.2, 0) is 12.0 Å². The molecule has 0 aliphatic rings. The second kappa shape index (κ2) is 6.68. The average Bonchev–Trinajstić information content (AvgIpc) is 2.37. The maximum Gasteiger partial charge on any atom is 0.129 e. The molecule has 0 spiro atoms. The van der Waals surface area contributed by atoms with Crippen molar-refractivity contribution in [1.29, 1.82) is 0 Å². The first-order valence-electron chi connectivity index (χ1n) is 6.60. The van der Waals surface area contributed by atoms with Crippen molar-refractivity contribution in [2.45, 2.75) is 32.7 Å². The highest BCUT2D eigenvalue weighted by atomic mass is 16.3. The zero-order valence-electron chi connectivity index (χ0n) is 12.2. The molecule has 106 valence electrons. The number of aliphatic hydroxyl groups is 1. The number of pyridine rings is 1. The van der Waals surface area contributed by atoms with Gasteiger partial charge in [-0.1, -0.05) is 26.8 Å². The summed E-state index contributed by atoms with van der Waals surface area (Å²) in [6, 6.07) is 4.03. The summed E-state index contributed by atoms with van der Waals surface area (Å²) in [6.45, 7) is 11.9. The number of hydrogen-bond acceptors (Lipinski definition) is 4. The number of hydrogen-bond donors (Lipinski definition) is 2. The van der Waals surface area contributed by atoms with E-state index in [1.807, 2.05) is 17.0 Å². The predicted octanol–water partition coefficient (Wildman–Crippen LogP) is 1.82. The molecule has 4 heteroatoms. The van der Waals surface area contributed by atoms with Gasteiger partial charge >= 0.3 is 0 Å². The summed E-state index contributed by atoms with van der Waals surface area (Å²) in [5.74, 6) is 0.849. The molecule has 0 fully saturated rings. The Labute approximate surface area is 116 Å². The molecule has 0 aliphatic carbocycles. The fraction of sp³-hybridized carbons (Fsp3) is 0.533. The number of nitrogens with two attached hydrogens (primary N) is 1. The summed E-state index contributed by atoms with van der Waals surface area (Å²) in [7, 11) is 0. The van der Waals surface area contributed by atoms with Crippen LogP contribution in [0.25, 0.3) is 0 Å². The third kappa shape index (κ3) is 4.33. The number of anilines is 1. The molecule has 1 heterocycles. The lowest BCUT2D eigenvalue weighted by atomic mass is 9.90. The number of nitrogens with zero attached hydrogens (tertiary/aromatic N) is 2. The van der Waals surface area contributed by atoms with Crippen molar-refractivity contribution in [2.24, 2.45) is 5.73 Å². The Morgan fingerprint density at radius 2 is 2.11 bits per heavy atom. The molecule has 0 amide bonds. The van der Waals surface area contributed by atoms with Gasteiger partial charge in [0.2, 0.25) is 0 Å². The van der Waals surface area contributed by atoms with Crippen molar-refractivity contribution in [3.63, 3.8) is 0 Å². The van der Waals surface area contributed by atoms with Gasteiger partial charge in [0.15, 0.2) is 0 Å². The van der Waals surface area contributed by atoms with E-state index in [0.717, 1.165) is 17.1 Å². The van der Waals surface area contributed by atoms with E-state index >= 15 is 0 Å². The van der Waals surface area contributed by atoms with Crippen molar-refractivity contribution in [3.8, 4) is 0 Å². The van der Waals surface area contributed by atoms with Crippen molar-refractivity contribution in [2.75, 3.05) is 24.6 Å². The lowest BCUT2D eigenvalue weighted by Crippen LogP contribution is -2.29. The number of aliphatic hydroxyl groups excluding tert-OH is 1. The van der Waals surface area contributed by atoms with Gasteiger partial charge in [-0.2, -0.15) is 0 Å².